The Morgan fingerprint density at radius 3 is 2.42 bits per heavy atom. The number of hydrogen-bond acceptors (Lipinski definition) is 4. The molecule has 7 nitrogen and oxygen atoms in total. The molecule has 26 heavy (non-hydrogen) atoms. The highest BCUT2D eigenvalue weighted by atomic mass is 16.2. The predicted molar refractivity (Wildman–Crippen MR) is 99.8 cm³/mol. The average molecular weight is 355 g/mol. The van der Waals surface area contributed by atoms with Crippen LogP contribution in [0.5, 0.6) is 0 Å². The van der Waals surface area contributed by atoms with Crippen LogP contribution in [-0.4, -0.2) is 57.6 Å². The number of aromatic nitrogens is 2. The van der Waals surface area contributed by atoms with Crippen LogP contribution < -0.4 is 5.32 Å². The first-order valence-corrected chi connectivity index (χ1v) is 8.89. The third kappa shape index (κ3) is 4.41. The second-order valence-electron chi connectivity index (χ2n) is 6.60. The summed E-state index contributed by atoms with van der Waals surface area (Å²) in [6, 6.07) is 7.54. The topological polar surface area (TPSA) is 70.5 Å². The van der Waals surface area contributed by atoms with Crippen molar-refractivity contribution < 1.29 is 9.59 Å². The number of carbonyl (C=O) groups excluding carboxylic acids is 2. The van der Waals surface area contributed by atoms with Crippen molar-refractivity contribution >= 4 is 17.5 Å². The molecule has 1 aromatic heterocycles. The van der Waals surface area contributed by atoms with Gasteiger partial charge in [0.1, 0.15) is 0 Å². The maximum atomic E-state index is 12.7. The van der Waals surface area contributed by atoms with Crippen molar-refractivity contribution in [1.82, 2.24) is 19.6 Å². The van der Waals surface area contributed by atoms with E-state index in [9.17, 15) is 9.59 Å². The summed E-state index contributed by atoms with van der Waals surface area (Å²) < 4.78 is 1.77. The number of nitrogens with zero attached hydrogens (tertiary/aromatic N) is 4. The molecule has 2 aromatic rings. The molecule has 7 heteroatoms. The molecule has 1 fully saturated rings. The minimum Gasteiger partial charge on any atom is -0.381 e. The third-order valence-corrected chi connectivity index (χ3v) is 4.62. The van der Waals surface area contributed by atoms with Crippen molar-refractivity contribution in [2.45, 2.75) is 19.9 Å². The summed E-state index contributed by atoms with van der Waals surface area (Å²) in [5.74, 6) is 0.0950. The Labute approximate surface area is 153 Å². The van der Waals surface area contributed by atoms with Gasteiger partial charge in [0.2, 0.25) is 5.91 Å². The number of rotatable bonds is 4. The molecule has 0 unspecified atom stereocenters. The smallest absolute Gasteiger partial charge is 0.253 e. The summed E-state index contributed by atoms with van der Waals surface area (Å²) in [6.07, 6.45) is 4.61. The van der Waals surface area contributed by atoms with E-state index in [1.54, 1.807) is 16.5 Å². The normalized spacial score (nSPS) is 14.8. The lowest BCUT2D eigenvalue weighted by molar-refractivity contribution is -0.128. The first-order chi connectivity index (χ1) is 12.5. The van der Waals surface area contributed by atoms with Gasteiger partial charge in [-0.1, -0.05) is 0 Å². The van der Waals surface area contributed by atoms with Gasteiger partial charge in [-0.25, -0.2) is 0 Å². The lowest BCUT2D eigenvalue weighted by Gasteiger charge is -2.21. The van der Waals surface area contributed by atoms with Gasteiger partial charge in [0, 0.05) is 69.7 Å². The maximum absolute atomic E-state index is 12.7. The molecular formula is C19H25N5O2. The van der Waals surface area contributed by atoms with Crippen molar-refractivity contribution in [3.05, 3.63) is 47.8 Å². The number of nitrogens with one attached hydrogen (secondary N) is 1. The molecule has 0 saturated carbocycles. The Morgan fingerprint density at radius 2 is 1.77 bits per heavy atom. The summed E-state index contributed by atoms with van der Waals surface area (Å²) in [5, 5.41) is 7.47. The molecule has 0 radical (unpaired) electrons. The van der Waals surface area contributed by atoms with Gasteiger partial charge in [0.25, 0.3) is 5.91 Å². The zero-order valence-electron chi connectivity index (χ0n) is 15.3. The average Bonchev–Trinajstić information content (AvgIpc) is 2.90. The van der Waals surface area contributed by atoms with Gasteiger partial charge in [0.05, 0.1) is 6.20 Å². The predicted octanol–water partition coefficient (Wildman–Crippen LogP) is 1.73. The van der Waals surface area contributed by atoms with Gasteiger partial charge in [-0.3, -0.25) is 14.3 Å². The lowest BCUT2D eigenvalue weighted by atomic mass is 10.1. The molecular weight excluding hydrogens is 330 g/mol. The molecule has 1 aliphatic rings. The van der Waals surface area contributed by atoms with Gasteiger partial charge < -0.3 is 15.1 Å². The minimum atomic E-state index is 0.0224. The van der Waals surface area contributed by atoms with Crippen molar-refractivity contribution in [2.24, 2.45) is 7.05 Å². The SMILES string of the molecule is CC(=O)N1CCCN(C(=O)c2ccc(NCc3cnn(C)c3)cc2)CC1. The number of carbonyl (C=O) groups is 2. The van der Waals surface area contributed by atoms with Gasteiger partial charge >= 0.3 is 0 Å². The second kappa shape index (κ2) is 8.03. The summed E-state index contributed by atoms with van der Waals surface area (Å²) in [7, 11) is 1.89. The fourth-order valence-electron chi connectivity index (χ4n) is 3.12. The van der Waals surface area contributed by atoms with E-state index in [-0.39, 0.29) is 11.8 Å². The van der Waals surface area contributed by atoms with Crippen molar-refractivity contribution in [1.29, 1.82) is 0 Å². The van der Waals surface area contributed by atoms with E-state index in [2.05, 4.69) is 10.4 Å². The number of amides is 2. The molecule has 3 rings (SSSR count). The molecule has 0 atom stereocenters. The highest BCUT2D eigenvalue weighted by molar-refractivity contribution is 5.94. The minimum absolute atomic E-state index is 0.0224. The summed E-state index contributed by atoms with van der Waals surface area (Å²) in [4.78, 5) is 27.9. The Hall–Kier alpha value is -2.83. The third-order valence-electron chi connectivity index (χ3n) is 4.62. The van der Waals surface area contributed by atoms with Crippen LogP contribution in [0.2, 0.25) is 0 Å². The van der Waals surface area contributed by atoms with Gasteiger partial charge in [-0.2, -0.15) is 5.10 Å². The largest absolute Gasteiger partial charge is 0.381 e. The van der Waals surface area contributed by atoms with E-state index in [0.717, 1.165) is 24.2 Å². The first-order valence-electron chi connectivity index (χ1n) is 8.89. The molecule has 2 heterocycles. The first kappa shape index (κ1) is 18.0. The zero-order chi connectivity index (χ0) is 18.5. The monoisotopic (exact) mass is 355 g/mol. The molecule has 1 aromatic carbocycles. The number of hydrogen-bond donors (Lipinski definition) is 1. The fourth-order valence-corrected chi connectivity index (χ4v) is 3.12. The fraction of sp³-hybridized carbons (Fsp3) is 0.421. The standard InChI is InChI=1S/C19H25N5O2/c1-15(25)23-8-3-9-24(11-10-23)19(26)17-4-6-18(7-5-17)20-12-16-13-21-22(2)14-16/h4-7,13-14,20H,3,8-12H2,1-2H3. The molecule has 1 saturated heterocycles. The summed E-state index contributed by atoms with van der Waals surface area (Å²) in [6.45, 7) is 4.86. The molecule has 1 aliphatic heterocycles. The van der Waals surface area contributed by atoms with Crippen molar-refractivity contribution in [3.63, 3.8) is 0 Å². The van der Waals surface area contributed by atoms with Crippen LogP contribution in [0, 0.1) is 0 Å². The van der Waals surface area contributed by atoms with Crippen LogP contribution in [0.1, 0.15) is 29.3 Å². The molecule has 2 amide bonds. The molecule has 138 valence electrons. The van der Waals surface area contributed by atoms with Gasteiger partial charge in [-0.15, -0.1) is 0 Å². The molecule has 0 spiro atoms. The van der Waals surface area contributed by atoms with E-state index < -0.39 is 0 Å². The number of benzene rings is 1. The van der Waals surface area contributed by atoms with E-state index in [1.807, 2.05) is 48.6 Å². The van der Waals surface area contributed by atoms with Crippen LogP contribution in [0.15, 0.2) is 36.7 Å². The van der Waals surface area contributed by atoms with Crippen LogP contribution in [0.25, 0.3) is 0 Å². The second-order valence-corrected chi connectivity index (χ2v) is 6.60. The quantitative estimate of drug-likeness (QED) is 0.907. The highest BCUT2D eigenvalue weighted by Crippen LogP contribution is 2.14. The lowest BCUT2D eigenvalue weighted by Crippen LogP contribution is -2.36. The van der Waals surface area contributed by atoms with Crippen LogP contribution >= 0.6 is 0 Å². The number of anilines is 1. The highest BCUT2D eigenvalue weighted by Gasteiger charge is 2.21. The molecule has 0 bridgehead atoms. The zero-order valence-corrected chi connectivity index (χ0v) is 15.3. The molecule has 0 aliphatic carbocycles. The van der Waals surface area contributed by atoms with Crippen LogP contribution in [-0.2, 0) is 18.4 Å². The maximum Gasteiger partial charge on any atom is 0.253 e. The van der Waals surface area contributed by atoms with Gasteiger partial charge in [0.15, 0.2) is 0 Å². The Morgan fingerprint density at radius 1 is 1.08 bits per heavy atom. The number of aryl methyl sites for hydroxylation is 1. The summed E-state index contributed by atoms with van der Waals surface area (Å²) >= 11 is 0. The molecule has 1 N–H and O–H groups in total. The summed E-state index contributed by atoms with van der Waals surface area (Å²) in [5.41, 5.74) is 2.74. The Balaban J connectivity index is 1.57. The van der Waals surface area contributed by atoms with E-state index in [4.69, 9.17) is 0 Å². The van der Waals surface area contributed by atoms with E-state index >= 15 is 0 Å². The van der Waals surface area contributed by atoms with Crippen molar-refractivity contribution in [3.8, 4) is 0 Å². The van der Waals surface area contributed by atoms with Crippen molar-refractivity contribution in [2.75, 3.05) is 31.5 Å². The Kier molecular flexibility index (Phi) is 5.55. The van der Waals surface area contributed by atoms with Crippen LogP contribution in [0.3, 0.4) is 0 Å². The van der Waals surface area contributed by atoms with E-state index in [1.165, 1.54) is 0 Å². The van der Waals surface area contributed by atoms with E-state index in [0.29, 0.717) is 31.7 Å². The van der Waals surface area contributed by atoms with Crippen LogP contribution in [0.4, 0.5) is 5.69 Å². The Bertz CT molecular complexity index is 768. The van der Waals surface area contributed by atoms with Gasteiger partial charge in [-0.05, 0) is 30.7 Å².